The van der Waals surface area contributed by atoms with Gasteiger partial charge in [0.15, 0.2) is 0 Å². The highest BCUT2D eigenvalue weighted by molar-refractivity contribution is 5.33. The number of nitrogens with one attached hydrogen (secondary N) is 2. The lowest BCUT2D eigenvalue weighted by Crippen LogP contribution is -2.14. The first kappa shape index (κ1) is 12.3. The van der Waals surface area contributed by atoms with E-state index in [1.807, 2.05) is 26.2 Å². The molecule has 0 aliphatic heterocycles. The second-order valence-corrected chi connectivity index (χ2v) is 4.09. The summed E-state index contributed by atoms with van der Waals surface area (Å²) >= 11 is 0. The molecule has 6 nitrogen and oxygen atoms in total. The first-order valence-electron chi connectivity index (χ1n) is 6.00. The van der Waals surface area contributed by atoms with E-state index in [0.29, 0.717) is 24.6 Å². The Morgan fingerprint density at radius 2 is 2.33 bits per heavy atom. The van der Waals surface area contributed by atoms with Gasteiger partial charge in [-0.15, -0.1) is 0 Å². The molecule has 2 N–H and O–H groups in total. The van der Waals surface area contributed by atoms with Crippen LogP contribution in [0.3, 0.4) is 0 Å². The van der Waals surface area contributed by atoms with Crippen LogP contribution in [0.25, 0.3) is 0 Å². The van der Waals surface area contributed by atoms with Gasteiger partial charge in [0.25, 0.3) is 5.56 Å². The van der Waals surface area contributed by atoms with Crippen LogP contribution in [0.4, 0.5) is 5.82 Å². The SMILES string of the molecule is CCc1nc(NCCc2ccn(C)n2)cc(=O)[nH]1. The summed E-state index contributed by atoms with van der Waals surface area (Å²) in [6.07, 6.45) is 3.43. The van der Waals surface area contributed by atoms with Crippen LogP contribution in [0, 0.1) is 0 Å². The molecule has 0 aliphatic carbocycles. The van der Waals surface area contributed by atoms with Crippen molar-refractivity contribution in [3.63, 3.8) is 0 Å². The minimum absolute atomic E-state index is 0.123. The van der Waals surface area contributed by atoms with Crippen molar-refractivity contribution in [1.29, 1.82) is 0 Å². The molecule has 0 amide bonds. The molecule has 2 aromatic heterocycles. The van der Waals surface area contributed by atoms with Crippen molar-refractivity contribution in [3.8, 4) is 0 Å². The van der Waals surface area contributed by atoms with Crippen molar-refractivity contribution in [2.75, 3.05) is 11.9 Å². The number of anilines is 1. The Morgan fingerprint density at radius 1 is 1.50 bits per heavy atom. The van der Waals surface area contributed by atoms with Gasteiger partial charge in [0, 0.05) is 38.7 Å². The molecular formula is C12H17N5O. The Bertz CT molecular complexity index is 572. The van der Waals surface area contributed by atoms with Crippen molar-refractivity contribution in [2.45, 2.75) is 19.8 Å². The zero-order valence-corrected chi connectivity index (χ0v) is 10.6. The zero-order chi connectivity index (χ0) is 13.0. The van der Waals surface area contributed by atoms with Crippen molar-refractivity contribution in [1.82, 2.24) is 19.7 Å². The van der Waals surface area contributed by atoms with Crippen molar-refractivity contribution < 1.29 is 0 Å². The maximum absolute atomic E-state index is 11.4. The molecule has 2 rings (SSSR count). The lowest BCUT2D eigenvalue weighted by molar-refractivity contribution is 0.741. The Kier molecular flexibility index (Phi) is 3.76. The third-order valence-corrected chi connectivity index (χ3v) is 2.58. The van der Waals surface area contributed by atoms with Gasteiger partial charge in [-0.05, 0) is 6.07 Å². The summed E-state index contributed by atoms with van der Waals surface area (Å²) in [5.74, 6) is 1.31. The molecule has 0 saturated carbocycles. The van der Waals surface area contributed by atoms with Gasteiger partial charge in [0.2, 0.25) is 0 Å². The minimum Gasteiger partial charge on any atom is -0.369 e. The number of rotatable bonds is 5. The molecule has 0 unspecified atom stereocenters. The number of nitrogens with zero attached hydrogens (tertiary/aromatic N) is 3. The number of hydrogen-bond donors (Lipinski definition) is 2. The highest BCUT2D eigenvalue weighted by Crippen LogP contribution is 2.01. The van der Waals surface area contributed by atoms with Gasteiger partial charge in [0.1, 0.15) is 11.6 Å². The number of hydrogen-bond acceptors (Lipinski definition) is 4. The fourth-order valence-electron chi connectivity index (χ4n) is 1.68. The van der Waals surface area contributed by atoms with E-state index in [-0.39, 0.29) is 5.56 Å². The van der Waals surface area contributed by atoms with E-state index in [9.17, 15) is 4.79 Å². The van der Waals surface area contributed by atoms with Crippen LogP contribution < -0.4 is 10.9 Å². The second kappa shape index (κ2) is 5.48. The van der Waals surface area contributed by atoms with E-state index in [4.69, 9.17) is 0 Å². The van der Waals surface area contributed by atoms with Crippen LogP contribution in [0.2, 0.25) is 0 Å². The average molecular weight is 247 g/mol. The Hall–Kier alpha value is -2.11. The van der Waals surface area contributed by atoms with E-state index in [2.05, 4.69) is 20.4 Å². The third kappa shape index (κ3) is 3.19. The van der Waals surface area contributed by atoms with Crippen LogP contribution in [0.5, 0.6) is 0 Å². The Balaban J connectivity index is 1.94. The molecule has 18 heavy (non-hydrogen) atoms. The zero-order valence-electron chi connectivity index (χ0n) is 10.6. The topological polar surface area (TPSA) is 75.6 Å². The van der Waals surface area contributed by atoms with Gasteiger partial charge >= 0.3 is 0 Å². The largest absolute Gasteiger partial charge is 0.369 e. The maximum Gasteiger partial charge on any atom is 0.252 e. The van der Waals surface area contributed by atoms with E-state index in [0.717, 1.165) is 12.1 Å². The summed E-state index contributed by atoms with van der Waals surface area (Å²) in [7, 11) is 1.89. The highest BCUT2D eigenvalue weighted by Gasteiger charge is 2.00. The molecule has 0 saturated heterocycles. The van der Waals surface area contributed by atoms with Gasteiger partial charge in [-0.2, -0.15) is 5.10 Å². The third-order valence-electron chi connectivity index (χ3n) is 2.58. The highest BCUT2D eigenvalue weighted by atomic mass is 16.1. The fraction of sp³-hybridized carbons (Fsp3) is 0.417. The number of aromatic amines is 1. The van der Waals surface area contributed by atoms with Gasteiger partial charge < -0.3 is 10.3 Å². The maximum atomic E-state index is 11.4. The molecule has 6 heteroatoms. The fourth-order valence-corrected chi connectivity index (χ4v) is 1.68. The van der Waals surface area contributed by atoms with E-state index < -0.39 is 0 Å². The quantitative estimate of drug-likeness (QED) is 0.816. The van der Waals surface area contributed by atoms with Crippen molar-refractivity contribution in [3.05, 3.63) is 40.2 Å². The lowest BCUT2D eigenvalue weighted by Gasteiger charge is -2.05. The molecule has 0 radical (unpaired) electrons. The van der Waals surface area contributed by atoms with Gasteiger partial charge in [-0.3, -0.25) is 9.48 Å². The minimum atomic E-state index is -0.123. The number of H-pyrrole nitrogens is 1. The van der Waals surface area contributed by atoms with Gasteiger partial charge in [-0.25, -0.2) is 4.98 Å². The Morgan fingerprint density at radius 3 is 3.00 bits per heavy atom. The summed E-state index contributed by atoms with van der Waals surface area (Å²) < 4.78 is 1.77. The predicted octanol–water partition coefficient (Wildman–Crippen LogP) is 0.720. The number of aryl methyl sites for hydroxylation is 2. The van der Waals surface area contributed by atoms with E-state index in [1.54, 1.807) is 4.68 Å². The normalized spacial score (nSPS) is 10.6. The molecule has 0 aliphatic rings. The molecule has 2 heterocycles. The van der Waals surface area contributed by atoms with Crippen LogP contribution >= 0.6 is 0 Å². The van der Waals surface area contributed by atoms with Gasteiger partial charge in [0.05, 0.1) is 5.69 Å². The molecule has 96 valence electrons. The first-order valence-corrected chi connectivity index (χ1v) is 6.00. The molecule has 2 aromatic rings. The second-order valence-electron chi connectivity index (χ2n) is 4.09. The van der Waals surface area contributed by atoms with Crippen molar-refractivity contribution >= 4 is 5.82 Å². The van der Waals surface area contributed by atoms with Crippen molar-refractivity contribution in [2.24, 2.45) is 7.05 Å². The summed E-state index contributed by atoms with van der Waals surface area (Å²) in [4.78, 5) is 18.3. The van der Waals surface area contributed by atoms with Crippen LogP contribution in [0.15, 0.2) is 23.1 Å². The first-order chi connectivity index (χ1) is 8.67. The summed E-state index contributed by atoms with van der Waals surface area (Å²) in [6, 6.07) is 3.45. The van der Waals surface area contributed by atoms with E-state index >= 15 is 0 Å². The molecule has 0 fully saturated rings. The van der Waals surface area contributed by atoms with Crippen LogP contribution in [-0.2, 0) is 19.9 Å². The predicted molar refractivity (Wildman–Crippen MR) is 69.6 cm³/mol. The van der Waals surface area contributed by atoms with Gasteiger partial charge in [-0.1, -0.05) is 6.92 Å². The average Bonchev–Trinajstić information content (AvgIpc) is 2.74. The molecule has 0 atom stereocenters. The summed E-state index contributed by atoms with van der Waals surface area (Å²) in [5, 5.41) is 7.42. The smallest absolute Gasteiger partial charge is 0.252 e. The summed E-state index contributed by atoms with van der Waals surface area (Å²) in [5.41, 5.74) is 0.896. The summed E-state index contributed by atoms with van der Waals surface area (Å²) in [6.45, 7) is 2.66. The molecule has 0 bridgehead atoms. The Labute approximate surface area is 105 Å². The monoisotopic (exact) mass is 247 g/mol. The van der Waals surface area contributed by atoms with E-state index in [1.165, 1.54) is 6.07 Å². The van der Waals surface area contributed by atoms with Crippen LogP contribution in [-0.4, -0.2) is 26.3 Å². The van der Waals surface area contributed by atoms with Crippen LogP contribution in [0.1, 0.15) is 18.4 Å². The molecule has 0 aromatic carbocycles. The lowest BCUT2D eigenvalue weighted by atomic mass is 10.3. The molecular weight excluding hydrogens is 230 g/mol. The molecule has 0 spiro atoms. The standard InChI is InChI=1S/C12H17N5O/c1-3-10-14-11(8-12(18)15-10)13-6-4-9-5-7-17(2)16-9/h5,7-8H,3-4,6H2,1-2H3,(H2,13,14,15,18). The number of aromatic nitrogens is 4.